The maximum Gasteiger partial charge on any atom is 0.323 e. The number of nitrogens with two attached hydrogens (primary N) is 1. The monoisotopic (exact) mass is 445 g/mol. The van der Waals surface area contributed by atoms with Crippen molar-refractivity contribution in [3.05, 3.63) is 70.4 Å². The average molecular weight is 445 g/mol. The zero-order valence-corrected chi connectivity index (χ0v) is 18.3. The van der Waals surface area contributed by atoms with E-state index >= 15 is 0 Å². The summed E-state index contributed by atoms with van der Waals surface area (Å²) >= 11 is 0. The number of hydrogen-bond donors (Lipinski definition) is 4. The number of H-pyrrole nitrogens is 1. The van der Waals surface area contributed by atoms with E-state index in [1.54, 1.807) is 18.2 Å². The number of urea groups is 1. The molecule has 0 unspecified atom stereocenters. The molecule has 5 N–H and O–H groups in total. The van der Waals surface area contributed by atoms with Gasteiger partial charge in [0.15, 0.2) is 5.65 Å². The summed E-state index contributed by atoms with van der Waals surface area (Å²) in [7, 11) is 0. The van der Waals surface area contributed by atoms with Crippen LogP contribution in [-0.4, -0.2) is 26.1 Å². The van der Waals surface area contributed by atoms with Crippen LogP contribution in [0, 0.1) is 10.1 Å². The lowest BCUT2D eigenvalue weighted by Gasteiger charge is -2.19. The van der Waals surface area contributed by atoms with Gasteiger partial charge in [-0.05, 0) is 35.4 Å². The van der Waals surface area contributed by atoms with E-state index in [0.717, 1.165) is 22.2 Å². The number of nitro benzene ring substituents is 1. The molecule has 0 fully saturated rings. The van der Waals surface area contributed by atoms with Gasteiger partial charge in [0.05, 0.1) is 10.3 Å². The fourth-order valence-electron chi connectivity index (χ4n) is 3.42. The number of rotatable bonds is 4. The first-order valence-electron chi connectivity index (χ1n) is 10.2. The molecule has 2 aromatic carbocycles. The Labute approximate surface area is 189 Å². The van der Waals surface area contributed by atoms with Gasteiger partial charge >= 0.3 is 6.03 Å². The van der Waals surface area contributed by atoms with Crippen molar-refractivity contribution in [2.75, 3.05) is 16.4 Å². The van der Waals surface area contributed by atoms with Crippen LogP contribution in [0.4, 0.5) is 27.7 Å². The summed E-state index contributed by atoms with van der Waals surface area (Å²) in [5, 5.41) is 24.1. The van der Waals surface area contributed by atoms with E-state index in [2.05, 4.69) is 46.6 Å². The fraction of sp³-hybridized carbons (Fsp3) is 0.174. The number of nitrogens with zero attached hydrogens (tertiary/aromatic N) is 3. The quantitative estimate of drug-likeness (QED) is 0.255. The average Bonchev–Trinajstić information content (AvgIpc) is 3.14. The number of amides is 2. The maximum absolute atomic E-state index is 12.4. The molecule has 0 bridgehead atoms. The van der Waals surface area contributed by atoms with Crippen molar-refractivity contribution in [2.24, 2.45) is 0 Å². The van der Waals surface area contributed by atoms with E-state index < -0.39 is 11.0 Å². The van der Waals surface area contributed by atoms with Crippen LogP contribution in [0.15, 0.2) is 54.6 Å². The highest BCUT2D eigenvalue weighted by atomic mass is 16.6. The summed E-state index contributed by atoms with van der Waals surface area (Å²) in [6, 6.07) is 14.6. The molecule has 4 aromatic rings. The second-order valence-electron chi connectivity index (χ2n) is 8.57. The lowest BCUT2D eigenvalue weighted by Crippen LogP contribution is -2.20. The zero-order valence-electron chi connectivity index (χ0n) is 18.3. The third-order valence-electron chi connectivity index (χ3n) is 5.12. The molecule has 10 heteroatoms. The third kappa shape index (κ3) is 4.45. The van der Waals surface area contributed by atoms with Gasteiger partial charge in [-0.1, -0.05) is 45.0 Å². The Hall–Kier alpha value is -4.47. The minimum Gasteiger partial charge on any atom is -0.383 e. The molecule has 2 amide bonds. The molecule has 0 spiro atoms. The summed E-state index contributed by atoms with van der Waals surface area (Å²) in [6.07, 6.45) is 0. The Morgan fingerprint density at radius 2 is 1.79 bits per heavy atom. The number of carbonyl (C=O) groups is 1. The van der Waals surface area contributed by atoms with Crippen LogP contribution in [0.3, 0.4) is 0 Å². The van der Waals surface area contributed by atoms with E-state index in [1.165, 1.54) is 18.2 Å². The molecule has 0 aliphatic carbocycles. The Morgan fingerprint density at radius 3 is 2.45 bits per heavy atom. The van der Waals surface area contributed by atoms with Crippen LogP contribution in [0.2, 0.25) is 0 Å². The summed E-state index contributed by atoms with van der Waals surface area (Å²) in [4.78, 5) is 27.6. The summed E-state index contributed by atoms with van der Waals surface area (Å²) in [5.74, 6) is 0.430. The highest BCUT2D eigenvalue weighted by Gasteiger charge is 2.21. The number of anilines is 3. The largest absolute Gasteiger partial charge is 0.383 e. The molecule has 0 aliphatic heterocycles. The standard InChI is InChI=1S/C23H23N7O3/c1-23(2,3)18-12-15(19-20(24)28-29-21(19)27-18)13-8-10-14(11-9-13)25-22(31)26-16-6-4-5-7-17(16)30(32)33/h4-12H,1-3H3,(H2,25,26,31)(H3,24,27,28,29). The number of para-hydroxylation sites is 2. The van der Waals surface area contributed by atoms with Crippen LogP contribution >= 0.6 is 0 Å². The Morgan fingerprint density at radius 1 is 1.09 bits per heavy atom. The van der Waals surface area contributed by atoms with Crippen molar-refractivity contribution >= 4 is 39.9 Å². The van der Waals surface area contributed by atoms with Gasteiger partial charge in [0.1, 0.15) is 11.5 Å². The number of nitrogen functional groups attached to an aromatic ring is 1. The number of aromatic amines is 1. The topological polar surface area (TPSA) is 152 Å². The van der Waals surface area contributed by atoms with Gasteiger partial charge in [-0.25, -0.2) is 9.78 Å². The van der Waals surface area contributed by atoms with Crippen molar-refractivity contribution in [1.29, 1.82) is 0 Å². The molecule has 0 aliphatic rings. The van der Waals surface area contributed by atoms with Gasteiger partial charge in [0.25, 0.3) is 5.69 Å². The summed E-state index contributed by atoms with van der Waals surface area (Å²) < 4.78 is 0. The molecule has 4 rings (SSSR count). The molecule has 0 radical (unpaired) electrons. The van der Waals surface area contributed by atoms with Crippen molar-refractivity contribution in [3.8, 4) is 11.1 Å². The highest BCUT2D eigenvalue weighted by Crippen LogP contribution is 2.35. The normalized spacial score (nSPS) is 11.4. The molecule has 0 atom stereocenters. The minimum atomic E-state index is -0.586. The van der Waals surface area contributed by atoms with Gasteiger partial charge in [-0.3, -0.25) is 15.2 Å². The number of benzene rings is 2. The fourth-order valence-corrected chi connectivity index (χ4v) is 3.42. The summed E-state index contributed by atoms with van der Waals surface area (Å²) in [6.45, 7) is 6.22. The van der Waals surface area contributed by atoms with Crippen molar-refractivity contribution in [2.45, 2.75) is 26.2 Å². The van der Waals surface area contributed by atoms with Gasteiger partial charge < -0.3 is 16.4 Å². The number of carbonyl (C=O) groups excluding carboxylic acids is 1. The van der Waals surface area contributed by atoms with Crippen molar-refractivity contribution in [1.82, 2.24) is 15.2 Å². The molecule has 168 valence electrons. The van der Waals surface area contributed by atoms with Crippen LogP contribution in [0.25, 0.3) is 22.2 Å². The van der Waals surface area contributed by atoms with Crippen LogP contribution in [0.5, 0.6) is 0 Å². The van der Waals surface area contributed by atoms with Gasteiger partial charge in [0.2, 0.25) is 0 Å². The molecule has 0 saturated carbocycles. The zero-order chi connectivity index (χ0) is 23.8. The van der Waals surface area contributed by atoms with Gasteiger partial charge in [0, 0.05) is 22.9 Å². The molecular formula is C23H23N7O3. The summed E-state index contributed by atoms with van der Waals surface area (Å²) in [5.41, 5.74) is 9.56. The van der Waals surface area contributed by atoms with Crippen LogP contribution in [-0.2, 0) is 5.41 Å². The molecule has 10 nitrogen and oxygen atoms in total. The second-order valence-corrected chi connectivity index (χ2v) is 8.57. The molecule has 33 heavy (non-hydrogen) atoms. The Kier molecular flexibility index (Phi) is 5.42. The number of pyridine rings is 1. The number of fused-ring (bicyclic) bond motifs is 1. The molecule has 2 aromatic heterocycles. The first kappa shape index (κ1) is 21.8. The van der Waals surface area contributed by atoms with Crippen LogP contribution < -0.4 is 16.4 Å². The molecule has 2 heterocycles. The third-order valence-corrected chi connectivity index (χ3v) is 5.12. The van der Waals surface area contributed by atoms with Gasteiger partial charge in [-0.15, -0.1) is 0 Å². The Bertz CT molecular complexity index is 1350. The highest BCUT2D eigenvalue weighted by molar-refractivity contribution is 6.02. The lowest BCUT2D eigenvalue weighted by molar-refractivity contribution is -0.383. The van der Waals surface area contributed by atoms with Gasteiger partial charge in [-0.2, -0.15) is 5.10 Å². The first-order valence-corrected chi connectivity index (χ1v) is 10.2. The first-order chi connectivity index (χ1) is 15.6. The predicted molar refractivity (Wildman–Crippen MR) is 128 cm³/mol. The number of nitrogens with one attached hydrogen (secondary N) is 3. The smallest absolute Gasteiger partial charge is 0.323 e. The minimum absolute atomic E-state index is 0.112. The van der Waals surface area contributed by atoms with Crippen LogP contribution in [0.1, 0.15) is 26.5 Å². The van der Waals surface area contributed by atoms with E-state index in [4.69, 9.17) is 5.73 Å². The van der Waals surface area contributed by atoms with E-state index in [-0.39, 0.29) is 16.8 Å². The Balaban J connectivity index is 1.59. The number of hydrogen-bond acceptors (Lipinski definition) is 6. The van der Waals surface area contributed by atoms with Crippen molar-refractivity contribution in [3.63, 3.8) is 0 Å². The molecular weight excluding hydrogens is 422 g/mol. The number of aromatic nitrogens is 3. The van der Waals surface area contributed by atoms with Crippen molar-refractivity contribution < 1.29 is 9.72 Å². The lowest BCUT2D eigenvalue weighted by atomic mass is 9.89. The van der Waals surface area contributed by atoms with E-state index in [9.17, 15) is 14.9 Å². The number of nitro groups is 1. The van der Waals surface area contributed by atoms with E-state index in [1.807, 2.05) is 18.2 Å². The predicted octanol–water partition coefficient (Wildman–Crippen LogP) is 5.06. The van der Waals surface area contributed by atoms with E-state index in [0.29, 0.717) is 17.2 Å². The second kappa shape index (κ2) is 8.23. The SMILES string of the molecule is CC(C)(C)c1cc(-c2ccc(NC(=O)Nc3ccccc3[N+](=O)[O-])cc2)c2c(N)[nH]nc2n1. The molecule has 0 saturated heterocycles. The maximum atomic E-state index is 12.4.